The highest BCUT2D eigenvalue weighted by Gasteiger charge is 2.32. The minimum absolute atomic E-state index is 0.0875. The van der Waals surface area contributed by atoms with Crippen LogP contribution in [0.4, 0.5) is 19.0 Å². The largest absolute Gasteiger partial charge is 0.416 e. The first-order valence-electron chi connectivity index (χ1n) is 7.47. The van der Waals surface area contributed by atoms with Gasteiger partial charge in [0.15, 0.2) is 0 Å². The van der Waals surface area contributed by atoms with Gasteiger partial charge in [-0.05, 0) is 18.1 Å². The van der Waals surface area contributed by atoms with E-state index in [2.05, 4.69) is 10.4 Å². The number of benzene rings is 1. The number of hydrogen-bond acceptors (Lipinski definition) is 3. The maximum atomic E-state index is 12.9. The first kappa shape index (κ1) is 19.4. The number of nitrogens with zero attached hydrogens (tertiary/aromatic N) is 3. The van der Waals surface area contributed by atoms with Crippen LogP contribution in [0.25, 0.3) is 5.69 Å². The van der Waals surface area contributed by atoms with Gasteiger partial charge in [-0.2, -0.15) is 23.5 Å². The van der Waals surface area contributed by atoms with Crippen molar-refractivity contribution in [3.63, 3.8) is 0 Å². The third-order valence-electron chi connectivity index (χ3n) is 3.76. The molecule has 4 nitrogen and oxygen atoms in total. The van der Waals surface area contributed by atoms with E-state index in [1.807, 2.05) is 19.9 Å². The van der Waals surface area contributed by atoms with Crippen LogP contribution in [-0.2, 0) is 6.18 Å². The minimum Gasteiger partial charge on any atom is -0.369 e. The van der Waals surface area contributed by atoms with E-state index >= 15 is 0 Å². The van der Waals surface area contributed by atoms with Gasteiger partial charge in [0.2, 0.25) is 0 Å². The second-order valence-corrected chi connectivity index (χ2v) is 6.43. The topological polar surface area (TPSA) is 53.6 Å². The zero-order chi connectivity index (χ0) is 18.8. The number of hydrogen-bond donors (Lipinski definition) is 1. The number of aromatic nitrogens is 2. The summed E-state index contributed by atoms with van der Waals surface area (Å²) in [5.74, 6) is 0.666. The van der Waals surface area contributed by atoms with Crippen molar-refractivity contribution < 1.29 is 13.2 Å². The van der Waals surface area contributed by atoms with Gasteiger partial charge in [-0.25, -0.2) is 4.68 Å². The molecule has 134 valence electrons. The standard InChI is InChI=1S/C16H15Cl2F3N4/c1-3-9(2)7-23-15-10(6-22)8-24-25(15)14-12(17)4-11(5-13(14)18)16(19,20)21/h4-5,8-9,23H,3,7H2,1-2H3. The van der Waals surface area contributed by atoms with Gasteiger partial charge in [-0.1, -0.05) is 43.5 Å². The molecule has 0 radical (unpaired) electrons. The summed E-state index contributed by atoms with van der Waals surface area (Å²) in [6.07, 6.45) is -2.33. The number of nitrogens with one attached hydrogen (secondary N) is 1. The van der Waals surface area contributed by atoms with Crippen molar-refractivity contribution in [1.82, 2.24) is 9.78 Å². The van der Waals surface area contributed by atoms with Crippen LogP contribution in [-0.4, -0.2) is 16.3 Å². The molecule has 0 amide bonds. The molecule has 0 saturated heterocycles. The summed E-state index contributed by atoms with van der Waals surface area (Å²) in [6.45, 7) is 4.61. The lowest BCUT2D eigenvalue weighted by molar-refractivity contribution is -0.137. The third kappa shape index (κ3) is 4.20. The van der Waals surface area contributed by atoms with Gasteiger partial charge in [0.05, 0.1) is 21.8 Å². The summed E-state index contributed by atoms with van der Waals surface area (Å²) in [6, 6.07) is 3.56. The molecule has 1 unspecified atom stereocenters. The van der Waals surface area contributed by atoms with Gasteiger partial charge >= 0.3 is 6.18 Å². The van der Waals surface area contributed by atoms with Crippen molar-refractivity contribution >= 4 is 29.0 Å². The van der Waals surface area contributed by atoms with Gasteiger partial charge < -0.3 is 5.32 Å². The van der Waals surface area contributed by atoms with Gasteiger partial charge in [-0.3, -0.25) is 0 Å². The van der Waals surface area contributed by atoms with Gasteiger partial charge in [0.1, 0.15) is 23.1 Å². The Morgan fingerprint density at radius 3 is 2.40 bits per heavy atom. The van der Waals surface area contributed by atoms with Crippen LogP contribution < -0.4 is 5.32 Å². The number of halogens is 5. The predicted octanol–water partition coefficient (Wildman–Crippen LogP) is 5.53. The van der Waals surface area contributed by atoms with Crippen LogP contribution in [0.1, 0.15) is 31.4 Å². The summed E-state index contributed by atoms with van der Waals surface area (Å²) in [5, 5.41) is 16.0. The Labute approximate surface area is 153 Å². The van der Waals surface area contributed by atoms with Crippen molar-refractivity contribution in [3.8, 4) is 11.8 Å². The fraction of sp³-hybridized carbons (Fsp3) is 0.375. The molecule has 1 N–H and O–H groups in total. The van der Waals surface area contributed by atoms with Crippen molar-refractivity contribution in [2.24, 2.45) is 5.92 Å². The predicted molar refractivity (Wildman–Crippen MR) is 91.2 cm³/mol. The Balaban J connectivity index is 2.52. The van der Waals surface area contributed by atoms with E-state index in [9.17, 15) is 18.4 Å². The lowest BCUT2D eigenvalue weighted by atomic mass is 10.1. The molecule has 0 aliphatic carbocycles. The monoisotopic (exact) mass is 390 g/mol. The SMILES string of the molecule is CCC(C)CNc1c(C#N)cnn1-c1c(Cl)cc(C(F)(F)F)cc1Cl. The van der Waals surface area contributed by atoms with Crippen LogP contribution in [0.3, 0.4) is 0 Å². The Morgan fingerprint density at radius 1 is 1.32 bits per heavy atom. The second-order valence-electron chi connectivity index (χ2n) is 5.61. The van der Waals surface area contributed by atoms with Crippen LogP contribution in [0.5, 0.6) is 0 Å². The van der Waals surface area contributed by atoms with Gasteiger partial charge in [-0.15, -0.1) is 0 Å². The molecule has 0 saturated carbocycles. The number of anilines is 1. The molecular weight excluding hydrogens is 376 g/mol. The lowest BCUT2D eigenvalue weighted by Crippen LogP contribution is -2.15. The Kier molecular flexibility index (Phi) is 5.86. The van der Waals surface area contributed by atoms with Gasteiger partial charge in [0.25, 0.3) is 0 Å². The van der Waals surface area contributed by atoms with E-state index in [1.165, 1.54) is 10.9 Å². The quantitative estimate of drug-likeness (QED) is 0.730. The molecule has 1 aromatic heterocycles. The van der Waals surface area contributed by atoms with E-state index < -0.39 is 11.7 Å². The van der Waals surface area contributed by atoms with Crippen molar-refractivity contribution in [1.29, 1.82) is 5.26 Å². The Morgan fingerprint density at radius 2 is 1.92 bits per heavy atom. The maximum absolute atomic E-state index is 12.9. The fourth-order valence-electron chi connectivity index (χ4n) is 2.12. The van der Waals surface area contributed by atoms with E-state index in [4.69, 9.17) is 23.2 Å². The van der Waals surface area contributed by atoms with Crippen LogP contribution >= 0.6 is 23.2 Å². The highest BCUT2D eigenvalue weighted by atomic mass is 35.5. The molecule has 2 rings (SSSR count). The van der Waals surface area contributed by atoms with Gasteiger partial charge in [0, 0.05) is 6.54 Å². The molecule has 0 aliphatic heterocycles. The fourth-order valence-corrected chi connectivity index (χ4v) is 2.76. The smallest absolute Gasteiger partial charge is 0.369 e. The highest BCUT2D eigenvalue weighted by Crippen LogP contribution is 2.38. The van der Waals surface area contributed by atoms with Crippen molar-refractivity contribution in [3.05, 3.63) is 39.5 Å². The summed E-state index contributed by atoms with van der Waals surface area (Å²) in [4.78, 5) is 0. The highest BCUT2D eigenvalue weighted by molar-refractivity contribution is 6.38. The number of nitriles is 1. The number of alkyl halides is 3. The van der Waals surface area contributed by atoms with Crippen LogP contribution in [0, 0.1) is 17.2 Å². The molecule has 0 aliphatic rings. The number of rotatable bonds is 5. The van der Waals surface area contributed by atoms with Crippen molar-refractivity contribution in [2.75, 3.05) is 11.9 Å². The molecule has 9 heteroatoms. The van der Waals surface area contributed by atoms with Crippen LogP contribution in [0.2, 0.25) is 10.0 Å². The molecule has 25 heavy (non-hydrogen) atoms. The summed E-state index contributed by atoms with van der Waals surface area (Å²) >= 11 is 12.1. The minimum atomic E-state index is -4.56. The average Bonchev–Trinajstić information content (AvgIpc) is 2.93. The first-order valence-corrected chi connectivity index (χ1v) is 8.23. The molecule has 1 atom stereocenters. The maximum Gasteiger partial charge on any atom is 0.416 e. The van der Waals surface area contributed by atoms with E-state index in [0.717, 1.165) is 18.6 Å². The summed E-state index contributed by atoms with van der Waals surface area (Å²) < 4.78 is 39.9. The Bertz CT molecular complexity index is 786. The molecule has 0 bridgehead atoms. The zero-order valence-corrected chi connectivity index (χ0v) is 15.0. The normalized spacial score (nSPS) is 12.7. The Hall–Kier alpha value is -1.91. The molecule has 0 fully saturated rings. The van der Waals surface area contributed by atoms with Crippen LogP contribution in [0.15, 0.2) is 18.3 Å². The van der Waals surface area contributed by atoms with E-state index in [-0.39, 0.29) is 21.3 Å². The third-order valence-corrected chi connectivity index (χ3v) is 4.34. The molecule has 0 spiro atoms. The van der Waals surface area contributed by atoms with E-state index in [0.29, 0.717) is 18.3 Å². The van der Waals surface area contributed by atoms with Crippen molar-refractivity contribution in [2.45, 2.75) is 26.4 Å². The lowest BCUT2D eigenvalue weighted by Gasteiger charge is -2.16. The first-order chi connectivity index (χ1) is 11.7. The average molecular weight is 391 g/mol. The molecule has 1 heterocycles. The molecule has 1 aromatic carbocycles. The zero-order valence-electron chi connectivity index (χ0n) is 13.5. The second kappa shape index (κ2) is 7.54. The summed E-state index contributed by atoms with van der Waals surface area (Å²) in [7, 11) is 0. The molecule has 2 aromatic rings. The summed E-state index contributed by atoms with van der Waals surface area (Å²) in [5.41, 5.74) is -0.618. The molecular formula is C16H15Cl2F3N4. The van der Waals surface area contributed by atoms with E-state index in [1.54, 1.807) is 0 Å².